The average molecular weight is 233 g/mol. The second-order valence-corrected chi connectivity index (χ2v) is 2.59. The lowest BCUT2D eigenvalue weighted by Gasteiger charge is -2.12. The second-order valence-electron chi connectivity index (χ2n) is 2.59. The van der Waals surface area contributed by atoms with Crippen molar-refractivity contribution in [1.82, 2.24) is 4.98 Å². The van der Waals surface area contributed by atoms with Crippen LogP contribution in [0.1, 0.15) is 5.56 Å². The Hall–Kier alpha value is -2.17. The summed E-state index contributed by atoms with van der Waals surface area (Å²) in [6.07, 6.45) is -4.01. The number of nitrogen functional groups attached to an aromatic ring is 1. The molecular formula is C8H6F3N3O2. The predicted molar refractivity (Wildman–Crippen MR) is 46.6 cm³/mol. The van der Waals surface area contributed by atoms with E-state index in [0.717, 1.165) is 6.20 Å². The van der Waals surface area contributed by atoms with Crippen molar-refractivity contribution in [2.45, 2.75) is 6.36 Å². The number of nitriles is 1. The summed E-state index contributed by atoms with van der Waals surface area (Å²) in [5.41, 5.74) is 4.82. The summed E-state index contributed by atoms with van der Waals surface area (Å²) < 4.78 is 44.1. The SMILES string of the molecule is COc1c(N)cnc(OC(F)(F)F)c1C#N. The number of nitrogens with two attached hydrogens (primary N) is 1. The van der Waals surface area contributed by atoms with E-state index >= 15 is 0 Å². The lowest BCUT2D eigenvalue weighted by atomic mass is 10.2. The van der Waals surface area contributed by atoms with Crippen LogP contribution >= 0.6 is 0 Å². The molecule has 16 heavy (non-hydrogen) atoms. The Morgan fingerprint density at radius 3 is 2.56 bits per heavy atom. The molecule has 0 saturated heterocycles. The van der Waals surface area contributed by atoms with E-state index in [0.29, 0.717) is 0 Å². The zero-order valence-electron chi connectivity index (χ0n) is 8.00. The minimum Gasteiger partial charge on any atom is -0.493 e. The minimum atomic E-state index is -4.93. The largest absolute Gasteiger partial charge is 0.574 e. The lowest BCUT2D eigenvalue weighted by molar-refractivity contribution is -0.276. The van der Waals surface area contributed by atoms with Gasteiger partial charge in [0.15, 0.2) is 11.3 Å². The van der Waals surface area contributed by atoms with Gasteiger partial charge >= 0.3 is 6.36 Å². The van der Waals surface area contributed by atoms with Gasteiger partial charge in [0.05, 0.1) is 19.0 Å². The van der Waals surface area contributed by atoms with Crippen LogP contribution in [0.2, 0.25) is 0 Å². The first-order chi connectivity index (χ1) is 7.39. The fourth-order valence-electron chi connectivity index (χ4n) is 0.998. The molecule has 0 fully saturated rings. The lowest BCUT2D eigenvalue weighted by Crippen LogP contribution is -2.19. The number of hydrogen-bond donors (Lipinski definition) is 1. The van der Waals surface area contributed by atoms with Crippen LogP contribution in [0.25, 0.3) is 0 Å². The zero-order chi connectivity index (χ0) is 12.3. The van der Waals surface area contributed by atoms with Crippen molar-refractivity contribution in [1.29, 1.82) is 5.26 Å². The number of methoxy groups -OCH3 is 1. The van der Waals surface area contributed by atoms with Crippen molar-refractivity contribution in [2.24, 2.45) is 0 Å². The molecule has 1 aromatic heterocycles. The van der Waals surface area contributed by atoms with Crippen molar-refractivity contribution in [2.75, 3.05) is 12.8 Å². The Morgan fingerprint density at radius 1 is 1.50 bits per heavy atom. The third-order valence-corrected chi connectivity index (χ3v) is 1.55. The summed E-state index contributed by atoms with van der Waals surface area (Å²) in [5.74, 6) is -1.09. The third kappa shape index (κ3) is 2.44. The number of nitrogens with zero attached hydrogens (tertiary/aromatic N) is 2. The monoisotopic (exact) mass is 233 g/mol. The maximum atomic E-state index is 12.0. The van der Waals surface area contributed by atoms with Crippen molar-refractivity contribution in [3.05, 3.63) is 11.8 Å². The molecule has 0 radical (unpaired) electrons. The molecule has 0 aliphatic rings. The highest BCUT2D eigenvalue weighted by Crippen LogP contribution is 2.33. The van der Waals surface area contributed by atoms with E-state index in [-0.39, 0.29) is 11.4 Å². The Bertz CT molecular complexity index is 439. The molecule has 0 aliphatic carbocycles. The summed E-state index contributed by atoms with van der Waals surface area (Å²) in [7, 11) is 1.17. The summed E-state index contributed by atoms with van der Waals surface area (Å²) in [6, 6.07) is 1.49. The van der Waals surface area contributed by atoms with Crippen LogP contribution in [0.4, 0.5) is 18.9 Å². The van der Waals surface area contributed by atoms with E-state index in [1.807, 2.05) is 0 Å². The Balaban J connectivity index is 3.27. The second kappa shape index (κ2) is 4.14. The van der Waals surface area contributed by atoms with Gasteiger partial charge in [-0.25, -0.2) is 4.98 Å². The fraction of sp³-hybridized carbons (Fsp3) is 0.250. The van der Waals surface area contributed by atoms with Gasteiger partial charge in [-0.05, 0) is 0 Å². The van der Waals surface area contributed by atoms with Gasteiger partial charge in [0.2, 0.25) is 5.88 Å². The van der Waals surface area contributed by atoms with Gasteiger partial charge in [0.25, 0.3) is 0 Å². The smallest absolute Gasteiger partial charge is 0.493 e. The number of ether oxygens (including phenoxy) is 2. The van der Waals surface area contributed by atoms with E-state index < -0.39 is 17.8 Å². The van der Waals surface area contributed by atoms with Crippen molar-refractivity contribution in [3.63, 3.8) is 0 Å². The van der Waals surface area contributed by atoms with Gasteiger partial charge in [-0.2, -0.15) is 5.26 Å². The number of rotatable bonds is 2. The van der Waals surface area contributed by atoms with E-state index in [1.165, 1.54) is 13.2 Å². The molecule has 86 valence electrons. The highest BCUT2D eigenvalue weighted by molar-refractivity contribution is 5.62. The average Bonchev–Trinajstić information content (AvgIpc) is 2.18. The van der Waals surface area contributed by atoms with E-state index in [1.54, 1.807) is 0 Å². The zero-order valence-corrected chi connectivity index (χ0v) is 8.00. The maximum Gasteiger partial charge on any atom is 0.574 e. The molecule has 1 rings (SSSR count). The molecule has 1 aromatic rings. The number of aromatic nitrogens is 1. The van der Waals surface area contributed by atoms with Gasteiger partial charge in [0.1, 0.15) is 6.07 Å². The number of hydrogen-bond acceptors (Lipinski definition) is 5. The van der Waals surface area contributed by atoms with Crippen LogP contribution in [-0.4, -0.2) is 18.5 Å². The first-order valence-electron chi connectivity index (χ1n) is 3.87. The maximum absolute atomic E-state index is 12.0. The molecule has 0 aliphatic heterocycles. The van der Waals surface area contributed by atoms with Crippen molar-refractivity contribution < 1.29 is 22.6 Å². The molecule has 0 amide bonds. The summed E-state index contributed by atoms with van der Waals surface area (Å²) in [6.45, 7) is 0. The summed E-state index contributed by atoms with van der Waals surface area (Å²) in [5, 5.41) is 8.68. The van der Waals surface area contributed by atoms with Gasteiger partial charge in [-0.15, -0.1) is 13.2 Å². The molecule has 2 N–H and O–H groups in total. The van der Waals surface area contributed by atoms with Gasteiger partial charge in [-0.3, -0.25) is 0 Å². The number of pyridine rings is 1. The van der Waals surface area contributed by atoms with Crippen LogP contribution in [0.15, 0.2) is 6.20 Å². The Kier molecular flexibility index (Phi) is 3.08. The third-order valence-electron chi connectivity index (χ3n) is 1.55. The van der Waals surface area contributed by atoms with Crippen molar-refractivity contribution in [3.8, 4) is 17.7 Å². The van der Waals surface area contributed by atoms with Crippen LogP contribution < -0.4 is 15.2 Å². The van der Waals surface area contributed by atoms with Gasteiger partial charge in [0, 0.05) is 0 Å². The van der Waals surface area contributed by atoms with Gasteiger partial charge < -0.3 is 15.2 Å². The van der Waals surface area contributed by atoms with Gasteiger partial charge in [-0.1, -0.05) is 0 Å². The summed E-state index contributed by atoms with van der Waals surface area (Å²) in [4.78, 5) is 3.27. The first-order valence-corrected chi connectivity index (χ1v) is 3.87. The standard InChI is InChI=1S/C8H6F3N3O2/c1-15-6-4(2-12)7(14-3-5(6)13)16-8(9,10)11/h3H,13H2,1H3. The molecule has 0 aromatic carbocycles. The van der Waals surface area contributed by atoms with Crippen LogP contribution in [-0.2, 0) is 0 Å². The van der Waals surface area contributed by atoms with Crippen molar-refractivity contribution >= 4 is 5.69 Å². The highest BCUT2D eigenvalue weighted by atomic mass is 19.4. The summed E-state index contributed by atoms with van der Waals surface area (Å²) >= 11 is 0. The topological polar surface area (TPSA) is 81.2 Å². The van der Waals surface area contributed by atoms with Crippen LogP contribution in [0.5, 0.6) is 11.6 Å². The first kappa shape index (κ1) is 11.9. The molecule has 0 spiro atoms. The minimum absolute atomic E-state index is 0.0476. The molecule has 1 heterocycles. The van der Waals surface area contributed by atoms with Crippen LogP contribution in [0, 0.1) is 11.3 Å². The normalized spacial score (nSPS) is 10.7. The molecule has 8 heteroatoms. The number of alkyl halides is 3. The highest BCUT2D eigenvalue weighted by Gasteiger charge is 2.34. The molecule has 0 saturated carbocycles. The molecule has 0 unspecified atom stereocenters. The quantitative estimate of drug-likeness (QED) is 0.835. The number of anilines is 1. The molecule has 5 nitrogen and oxygen atoms in total. The van der Waals surface area contributed by atoms with Crippen LogP contribution in [0.3, 0.4) is 0 Å². The van der Waals surface area contributed by atoms with E-state index in [2.05, 4.69) is 14.5 Å². The molecule has 0 atom stereocenters. The number of halogens is 3. The molecule has 0 bridgehead atoms. The molecular weight excluding hydrogens is 227 g/mol. The predicted octanol–water partition coefficient (Wildman–Crippen LogP) is 1.44. The fourth-order valence-corrected chi connectivity index (χ4v) is 0.998. The van der Waals surface area contributed by atoms with E-state index in [4.69, 9.17) is 11.0 Å². The van der Waals surface area contributed by atoms with E-state index in [9.17, 15) is 13.2 Å². The Labute approximate surface area is 88.2 Å². The Morgan fingerprint density at radius 2 is 2.12 bits per heavy atom.